The lowest BCUT2D eigenvalue weighted by molar-refractivity contribution is 0.414. The molecule has 8 nitrogen and oxygen atoms in total. The minimum Gasteiger partial charge on any atom is -0.497 e. The van der Waals surface area contributed by atoms with Crippen molar-refractivity contribution < 1.29 is 4.74 Å². The third kappa shape index (κ3) is 3.08. The molecule has 0 bridgehead atoms. The number of methoxy groups -OCH3 is 1. The number of anilines is 2. The maximum absolute atomic E-state index is 5.19. The number of aryl methyl sites for hydroxylation is 2. The predicted octanol–water partition coefficient (Wildman–Crippen LogP) is 2.67. The maximum Gasteiger partial charge on any atom is 0.163 e. The number of nitrogens with one attached hydrogen (secondary N) is 1. The SMILES string of the molecule is COc1ccc(Cn2cc(Nc3nc(C)nc4c3cnn4C)cn2)cc1. The van der Waals surface area contributed by atoms with Crippen LogP contribution in [0.5, 0.6) is 5.75 Å². The first kappa shape index (κ1) is 16.1. The van der Waals surface area contributed by atoms with E-state index < -0.39 is 0 Å². The van der Waals surface area contributed by atoms with Crippen LogP contribution >= 0.6 is 0 Å². The number of benzene rings is 1. The lowest BCUT2D eigenvalue weighted by Gasteiger charge is -2.06. The summed E-state index contributed by atoms with van der Waals surface area (Å²) in [6, 6.07) is 7.95. The van der Waals surface area contributed by atoms with Gasteiger partial charge in [0.2, 0.25) is 0 Å². The molecule has 0 atom stereocenters. The molecule has 26 heavy (non-hydrogen) atoms. The molecular weight excluding hydrogens is 330 g/mol. The minimum absolute atomic E-state index is 0.677. The molecule has 0 aliphatic carbocycles. The molecule has 0 radical (unpaired) electrons. The summed E-state index contributed by atoms with van der Waals surface area (Å²) in [6.07, 6.45) is 5.49. The van der Waals surface area contributed by atoms with E-state index in [-0.39, 0.29) is 0 Å². The van der Waals surface area contributed by atoms with Crippen LogP contribution in [0.4, 0.5) is 11.5 Å². The fraction of sp³-hybridized carbons (Fsp3) is 0.222. The van der Waals surface area contributed by atoms with Crippen LogP contribution in [0.2, 0.25) is 0 Å². The van der Waals surface area contributed by atoms with E-state index in [2.05, 4.69) is 25.5 Å². The van der Waals surface area contributed by atoms with E-state index in [0.717, 1.165) is 33.9 Å². The van der Waals surface area contributed by atoms with Gasteiger partial charge >= 0.3 is 0 Å². The fourth-order valence-electron chi connectivity index (χ4n) is 2.80. The third-order valence-corrected chi connectivity index (χ3v) is 4.10. The summed E-state index contributed by atoms with van der Waals surface area (Å²) in [5.41, 5.74) is 2.81. The number of rotatable bonds is 5. The van der Waals surface area contributed by atoms with E-state index >= 15 is 0 Å². The summed E-state index contributed by atoms with van der Waals surface area (Å²) < 4.78 is 8.80. The Hall–Kier alpha value is -3.42. The average molecular weight is 349 g/mol. The quantitative estimate of drug-likeness (QED) is 0.596. The van der Waals surface area contributed by atoms with Gasteiger partial charge in [-0.1, -0.05) is 12.1 Å². The molecule has 3 aromatic heterocycles. The van der Waals surface area contributed by atoms with Crippen LogP contribution in [-0.4, -0.2) is 36.6 Å². The molecule has 132 valence electrons. The molecule has 4 aromatic rings. The van der Waals surface area contributed by atoms with Crippen molar-refractivity contribution in [3.8, 4) is 5.75 Å². The first-order chi connectivity index (χ1) is 12.6. The number of hydrogen-bond donors (Lipinski definition) is 1. The fourth-order valence-corrected chi connectivity index (χ4v) is 2.80. The first-order valence-electron chi connectivity index (χ1n) is 8.21. The molecule has 0 spiro atoms. The van der Waals surface area contributed by atoms with Crippen molar-refractivity contribution in [1.82, 2.24) is 29.5 Å². The Bertz CT molecular complexity index is 1050. The van der Waals surface area contributed by atoms with Gasteiger partial charge in [0.1, 0.15) is 17.4 Å². The number of aromatic nitrogens is 6. The highest BCUT2D eigenvalue weighted by molar-refractivity contribution is 5.88. The van der Waals surface area contributed by atoms with Gasteiger partial charge < -0.3 is 10.1 Å². The Morgan fingerprint density at radius 2 is 1.88 bits per heavy atom. The summed E-state index contributed by atoms with van der Waals surface area (Å²) in [5, 5.41) is 12.9. The standard InChI is InChI=1S/C18H19N7O/c1-12-21-17(16-9-19-24(2)18(16)22-12)23-14-8-20-25(11-14)10-13-4-6-15(26-3)7-5-13/h4-9,11H,10H2,1-3H3,(H,21,22,23). The van der Waals surface area contributed by atoms with Gasteiger partial charge in [-0.15, -0.1) is 0 Å². The summed E-state index contributed by atoms with van der Waals surface area (Å²) in [6.45, 7) is 2.54. The third-order valence-electron chi connectivity index (χ3n) is 4.10. The van der Waals surface area contributed by atoms with Gasteiger partial charge in [-0.2, -0.15) is 10.2 Å². The largest absolute Gasteiger partial charge is 0.497 e. The van der Waals surface area contributed by atoms with Gasteiger partial charge in [-0.25, -0.2) is 9.97 Å². The van der Waals surface area contributed by atoms with Crippen molar-refractivity contribution in [3.63, 3.8) is 0 Å². The Balaban J connectivity index is 1.55. The molecule has 1 N–H and O–H groups in total. The summed E-state index contributed by atoms with van der Waals surface area (Å²) >= 11 is 0. The zero-order chi connectivity index (χ0) is 18.1. The second-order valence-electron chi connectivity index (χ2n) is 6.02. The van der Waals surface area contributed by atoms with Crippen molar-refractivity contribution in [2.75, 3.05) is 12.4 Å². The summed E-state index contributed by atoms with van der Waals surface area (Å²) in [7, 11) is 3.53. The maximum atomic E-state index is 5.19. The molecule has 0 aliphatic heterocycles. The van der Waals surface area contributed by atoms with Gasteiger partial charge in [0.05, 0.1) is 37.1 Å². The van der Waals surface area contributed by atoms with E-state index in [1.165, 1.54) is 0 Å². The predicted molar refractivity (Wildman–Crippen MR) is 98.6 cm³/mol. The van der Waals surface area contributed by atoms with Crippen LogP contribution in [0.15, 0.2) is 42.9 Å². The Kier molecular flexibility index (Phi) is 4.00. The number of ether oxygens (including phenoxy) is 1. The highest BCUT2D eigenvalue weighted by Gasteiger charge is 2.11. The normalized spacial score (nSPS) is 11.0. The van der Waals surface area contributed by atoms with Crippen LogP contribution < -0.4 is 10.1 Å². The molecule has 0 fully saturated rings. The zero-order valence-electron chi connectivity index (χ0n) is 14.8. The number of hydrogen-bond acceptors (Lipinski definition) is 6. The Morgan fingerprint density at radius 1 is 1.08 bits per heavy atom. The lowest BCUT2D eigenvalue weighted by Crippen LogP contribution is -2.01. The van der Waals surface area contributed by atoms with E-state index in [1.54, 1.807) is 24.2 Å². The molecular formula is C18H19N7O. The van der Waals surface area contributed by atoms with Crippen LogP contribution in [0.3, 0.4) is 0 Å². The average Bonchev–Trinajstić information content (AvgIpc) is 3.23. The van der Waals surface area contributed by atoms with Crippen molar-refractivity contribution in [2.24, 2.45) is 7.05 Å². The Labute approximate surface area is 150 Å². The van der Waals surface area contributed by atoms with Crippen molar-refractivity contribution in [3.05, 3.63) is 54.2 Å². The van der Waals surface area contributed by atoms with Crippen LogP contribution in [0, 0.1) is 6.92 Å². The summed E-state index contributed by atoms with van der Waals surface area (Å²) in [5.74, 6) is 2.26. The van der Waals surface area contributed by atoms with Crippen molar-refractivity contribution in [1.29, 1.82) is 0 Å². The molecule has 0 amide bonds. The monoisotopic (exact) mass is 349 g/mol. The van der Waals surface area contributed by atoms with Crippen LogP contribution in [-0.2, 0) is 13.6 Å². The molecule has 3 heterocycles. The molecule has 8 heteroatoms. The van der Waals surface area contributed by atoms with E-state index in [4.69, 9.17) is 4.74 Å². The minimum atomic E-state index is 0.677. The van der Waals surface area contributed by atoms with E-state index in [9.17, 15) is 0 Å². The zero-order valence-corrected chi connectivity index (χ0v) is 14.8. The number of nitrogens with zero attached hydrogens (tertiary/aromatic N) is 6. The topological polar surface area (TPSA) is 82.7 Å². The molecule has 0 saturated heterocycles. The van der Waals surface area contributed by atoms with Gasteiger partial charge in [-0.05, 0) is 24.6 Å². The highest BCUT2D eigenvalue weighted by Crippen LogP contribution is 2.23. The second kappa shape index (κ2) is 6.47. The molecule has 0 unspecified atom stereocenters. The molecule has 4 rings (SSSR count). The van der Waals surface area contributed by atoms with E-state index in [1.807, 2.05) is 49.1 Å². The van der Waals surface area contributed by atoms with Gasteiger partial charge in [-0.3, -0.25) is 9.36 Å². The van der Waals surface area contributed by atoms with Gasteiger partial charge in [0.25, 0.3) is 0 Å². The number of fused-ring (bicyclic) bond motifs is 1. The first-order valence-corrected chi connectivity index (χ1v) is 8.21. The van der Waals surface area contributed by atoms with E-state index in [0.29, 0.717) is 12.4 Å². The lowest BCUT2D eigenvalue weighted by atomic mass is 10.2. The Morgan fingerprint density at radius 3 is 2.65 bits per heavy atom. The van der Waals surface area contributed by atoms with Crippen molar-refractivity contribution in [2.45, 2.75) is 13.5 Å². The smallest absolute Gasteiger partial charge is 0.163 e. The van der Waals surface area contributed by atoms with Crippen molar-refractivity contribution >= 4 is 22.5 Å². The van der Waals surface area contributed by atoms with Crippen LogP contribution in [0.25, 0.3) is 11.0 Å². The molecule has 0 saturated carbocycles. The van der Waals surface area contributed by atoms with Crippen LogP contribution in [0.1, 0.15) is 11.4 Å². The summed E-state index contributed by atoms with van der Waals surface area (Å²) in [4.78, 5) is 8.93. The molecule has 0 aliphatic rings. The van der Waals surface area contributed by atoms with Gasteiger partial charge in [0, 0.05) is 13.2 Å². The highest BCUT2D eigenvalue weighted by atomic mass is 16.5. The second-order valence-corrected chi connectivity index (χ2v) is 6.02. The molecule has 1 aromatic carbocycles. The van der Waals surface area contributed by atoms with Gasteiger partial charge in [0.15, 0.2) is 5.65 Å².